The molecule has 2 aromatic rings. The minimum absolute atomic E-state index is 0.0383. The highest BCUT2D eigenvalue weighted by molar-refractivity contribution is 7.10. The van der Waals surface area contributed by atoms with E-state index in [4.69, 9.17) is 11.6 Å². The summed E-state index contributed by atoms with van der Waals surface area (Å²) in [7, 11) is 0. The van der Waals surface area contributed by atoms with E-state index in [0.29, 0.717) is 5.02 Å². The van der Waals surface area contributed by atoms with Crippen LogP contribution in [-0.4, -0.2) is 22.5 Å². The quantitative estimate of drug-likeness (QED) is 0.923. The van der Waals surface area contributed by atoms with Crippen LogP contribution < -0.4 is 0 Å². The molecule has 0 bridgehead atoms. The summed E-state index contributed by atoms with van der Waals surface area (Å²) in [6.45, 7) is 2.81. The van der Waals surface area contributed by atoms with E-state index in [9.17, 15) is 9.90 Å². The number of rotatable bonds is 3. The van der Waals surface area contributed by atoms with Crippen molar-refractivity contribution in [1.29, 1.82) is 0 Å². The van der Waals surface area contributed by atoms with E-state index >= 15 is 0 Å². The highest BCUT2D eigenvalue weighted by atomic mass is 35.5. The van der Waals surface area contributed by atoms with E-state index in [1.807, 2.05) is 35.7 Å². The molecule has 0 fully saturated rings. The molecule has 2 atom stereocenters. The fourth-order valence-corrected chi connectivity index (χ4v) is 3.99. The largest absolute Gasteiger partial charge is 0.480 e. The molecular formula is C16H16ClNO2S. The molecular weight excluding hydrogens is 306 g/mol. The third-order valence-corrected chi connectivity index (χ3v) is 5.34. The van der Waals surface area contributed by atoms with Gasteiger partial charge in [0.15, 0.2) is 0 Å². The summed E-state index contributed by atoms with van der Waals surface area (Å²) < 4.78 is 0. The van der Waals surface area contributed by atoms with Gasteiger partial charge in [0.1, 0.15) is 6.04 Å². The Labute approximate surface area is 132 Å². The van der Waals surface area contributed by atoms with Crippen molar-refractivity contribution < 1.29 is 9.90 Å². The second-order valence-electron chi connectivity index (χ2n) is 5.26. The van der Waals surface area contributed by atoms with Crippen LogP contribution in [0.1, 0.15) is 35.0 Å². The third kappa shape index (κ3) is 2.71. The smallest absolute Gasteiger partial charge is 0.325 e. The number of nitrogens with zero attached hydrogens (tertiary/aromatic N) is 1. The van der Waals surface area contributed by atoms with Crippen molar-refractivity contribution in [2.45, 2.75) is 25.4 Å². The van der Waals surface area contributed by atoms with Gasteiger partial charge in [-0.3, -0.25) is 9.69 Å². The first-order valence-corrected chi connectivity index (χ1v) is 8.14. The number of halogens is 1. The summed E-state index contributed by atoms with van der Waals surface area (Å²) in [4.78, 5) is 15.0. The molecule has 0 amide bonds. The highest BCUT2D eigenvalue weighted by Crippen LogP contribution is 2.38. The number of aliphatic carboxylic acids is 1. The number of hydrogen-bond donors (Lipinski definition) is 1. The number of carbonyl (C=O) groups is 1. The van der Waals surface area contributed by atoms with Crippen LogP contribution in [-0.2, 0) is 11.2 Å². The van der Waals surface area contributed by atoms with Crippen molar-refractivity contribution in [1.82, 2.24) is 4.90 Å². The topological polar surface area (TPSA) is 40.5 Å². The lowest BCUT2D eigenvalue weighted by Crippen LogP contribution is -2.40. The lowest BCUT2D eigenvalue weighted by atomic mass is 9.96. The van der Waals surface area contributed by atoms with Gasteiger partial charge in [-0.05, 0) is 48.1 Å². The lowest BCUT2D eigenvalue weighted by Gasteiger charge is -2.37. The zero-order valence-corrected chi connectivity index (χ0v) is 13.2. The number of thiophene rings is 1. The molecule has 2 heterocycles. The van der Waals surface area contributed by atoms with Crippen LogP contribution in [0.5, 0.6) is 0 Å². The fraction of sp³-hybridized carbons (Fsp3) is 0.312. The Hall–Kier alpha value is -1.36. The summed E-state index contributed by atoms with van der Waals surface area (Å²) in [6, 6.07) is 9.05. The first kappa shape index (κ1) is 14.6. The standard InChI is InChI=1S/C16H16ClNO2S/c1-10(11-2-4-12(17)5-3-11)18-8-6-14-13(7-9-21-14)15(18)16(19)20/h2-5,7,9-10,15H,6,8H2,1H3,(H,19,20). The van der Waals surface area contributed by atoms with E-state index in [2.05, 4.69) is 11.8 Å². The van der Waals surface area contributed by atoms with Crippen LogP contribution in [0.15, 0.2) is 35.7 Å². The van der Waals surface area contributed by atoms with Gasteiger partial charge in [-0.2, -0.15) is 0 Å². The van der Waals surface area contributed by atoms with Gasteiger partial charge in [-0.25, -0.2) is 0 Å². The summed E-state index contributed by atoms with van der Waals surface area (Å²) in [6.07, 6.45) is 0.911. The Morgan fingerprint density at radius 3 is 2.76 bits per heavy atom. The summed E-state index contributed by atoms with van der Waals surface area (Å²) in [5.74, 6) is -0.782. The van der Waals surface area contributed by atoms with Crippen molar-refractivity contribution in [2.24, 2.45) is 0 Å². The predicted molar refractivity (Wildman–Crippen MR) is 85.0 cm³/mol. The SMILES string of the molecule is CC(c1ccc(Cl)cc1)N1CCc2sccc2C1C(=O)O. The molecule has 110 valence electrons. The van der Waals surface area contributed by atoms with Gasteiger partial charge in [0.05, 0.1) is 0 Å². The molecule has 5 heteroatoms. The number of benzene rings is 1. The van der Waals surface area contributed by atoms with Gasteiger partial charge in [0.25, 0.3) is 0 Å². The van der Waals surface area contributed by atoms with Crippen LogP contribution in [0.3, 0.4) is 0 Å². The summed E-state index contributed by atoms with van der Waals surface area (Å²) in [5.41, 5.74) is 2.03. The van der Waals surface area contributed by atoms with Gasteiger partial charge >= 0.3 is 5.97 Å². The number of hydrogen-bond acceptors (Lipinski definition) is 3. The van der Waals surface area contributed by atoms with Gasteiger partial charge in [-0.1, -0.05) is 23.7 Å². The Morgan fingerprint density at radius 2 is 2.10 bits per heavy atom. The fourth-order valence-electron chi connectivity index (χ4n) is 2.96. The zero-order chi connectivity index (χ0) is 15.0. The lowest BCUT2D eigenvalue weighted by molar-refractivity contribution is -0.145. The molecule has 1 aliphatic rings. The highest BCUT2D eigenvalue weighted by Gasteiger charge is 2.36. The third-order valence-electron chi connectivity index (χ3n) is 4.09. The van der Waals surface area contributed by atoms with Crippen LogP contribution in [0.4, 0.5) is 0 Å². The zero-order valence-electron chi connectivity index (χ0n) is 11.6. The maximum atomic E-state index is 11.8. The molecule has 0 saturated carbocycles. The van der Waals surface area contributed by atoms with Crippen molar-refractivity contribution in [3.05, 3.63) is 56.7 Å². The van der Waals surface area contributed by atoms with E-state index < -0.39 is 12.0 Å². The number of fused-ring (bicyclic) bond motifs is 1. The second-order valence-corrected chi connectivity index (χ2v) is 6.69. The van der Waals surface area contributed by atoms with Crippen LogP contribution in [0, 0.1) is 0 Å². The van der Waals surface area contributed by atoms with Gasteiger partial charge in [0, 0.05) is 22.5 Å². The predicted octanol–water partition coefficient (Wildman–Crippen LogP) is 4.15. The Balaban J connectivity index is 1.94. The average Bonchev–Trinajstić information content (AvgIpc) is 2.94. The maximum Gasteiger partial charge on any atom is 0.325 e. The molecule has 1 aromatic heterocycles. The second kappa shape index (κ2) is 5.79. The maximum absolute atomic E-state index is 11.8. The minimum atomic E-state index is -0.782. The van der Waals surface area contributed by atoms with Crippen molar-refractivity contribution in [2.75, 3.05) is 6.54 Å². The van der Waals surface area contributed by atoms with Crippen molar-refractivity contribution in [3.63, 3.8) is 0 Å². The minimum Gasteiger partial charge on any atom is -0.480 e. The summed E-state index contributed by atoms with van der Waals surface area (Å²) >= 11 is 7.58. The molecule has 1 aromatic carbocycles. The van der Waals surface area contributed by atoms with E-state index in [1.54, 1.807) is 11.3 Å². The van der Waals surface area contributed by atoms with Gasteiger partial charge < -0.3 is 5.11 Å². The van der Waals surface area contributed by atoms with Gasteiger partial charge in [0.2, 0.25) is 0 Å². The van der Waals surface area contributed by atoms with Crippen LogP contribution in [0.2, 0.25) is 5.02 Å². The molecule has 0 radical (unpaired) electrons. The molecule has 1 N–H and O–H groups in total. The monoisotopic (exact) mass is 321 g/mol. The van der Waals surface area contributed by atoms with Crippen molar-refractivity contribution in [3.8, 4) is 0 Å². The number of carboxylic acid groups (broad SMARTS) is 1. The normalized spacial score (nSPS) is 20.0. The molecule has 3 rings (SSSR count). The molecule has 0 saturated heterocycles. The molecule has 1 aliphatic heterocycles. The van der Waals surface area contributed by atoms with Crippen molar-refractivity contribution >= 4 is 28.9 Å². The first-order chi connectivity index (χ1) is 10.1. The molecule has 3 nitrogen and oxygen atoms in total. The Kier molecular flexibility index (Phi) is 4.02. The Morgan fingerprint density at radius 1 is 1.38 bits per heavy atom. The van der Waals surface area contributed by atoms with E-state index in [-0.39, 0.29) is 6.04 Å². The molecule has 21 heavy (non-hydrogen) atoms. The number of carboxylic acids is 1. The van der Waals surface area contributed by atoms with Gasteiger partial charge in [-0.15, -0.1) is 11.3 Å². The molecule has 0 aliphatic carbocycles. The van der Waals surface area contributed by atoms with Crippen LogP contribution >= 0.6 is 22.9 Å². The summed E-state index contributed by atoms with van der Waals surface area (Å²) in [5, 5.41) is 12.3. The first-order valence-electron chi connectivity index (χ1n) is 6.88. The van der Waals surface area contributed by atoms with Crippen LogP contribution in [0.25, 0.3) is 0 Å². The van der Waals surface area contributed by atoms with E-state index in [1.165, 1.54) is 4.88 Å². The molecule has 0 spiro atoms. The van der Waals surface area contributed by atoms with E-state index in [0.717, 1.165) is 24.1 Å². The molecule has 2 unspecified atom stereocenters. The Bertz CT molecular complexity index is 653. The average molecular weight is 322 g/mol.